The Kier molecular flexibility index (Phi) is 4.96. The van der Waals surface area contributed by atoms with Gasteiger partial charge in [0.15, 0.2) is 0 Å². The molecule has 1 aromatic carbocycles. The zero-order valence-corrected chi connectivity index (χ0v) is 15.2. The molecule has 0 aliphatic carbocycles. The average Bonchev–Trinajstić information content (AvgIpc) is 2.94. The molecule has 1 fully saturated rings. The van der Waals surface area contributed by atoms with Crippen molar-refractivity contribution in [1.82, 2.24) is 4.31 Å². The second-order valence-electron chi connectivity index (χ2n) is 6.27. The molecule has 1 aliphatic heterocycles. The van der Waals surface area contributed by atoms with Crippen LogP contribution >= 0.6 is 0 Å². The number of hydrogen-bond donors (Lipinski definition) is 1. The number of aryl methyl sites for hydroxylation is 2. The van der Waals surface area contributed by atoms with Crippen molar-refractivity contribution in [3.05, 3.63) is 47.4 Å². The molecule has 2 heterocycles. The van der Waals surface area contributed by atoms with Gasteiger partial charge in [-0.15, -0.1) is 0 Å². The fraction of sp³-hybridized carbons (Fsp3) is 0.389. The number of sulfonamides is 1. The van der Waals surface area contributed by atoms with E-state index in [-0.39, 0.29) is 10.8 Å². The minimum Gasteiger partial charge on any atom is -0.466 e. The normalized spacial score (nSPS) is 15.9. The van der Waals surface area contributed by atoms with Crippen molar-refractivity contribution in [1.29, 1.82) is 0 Å². The Labute approximate surface area is 147 Å². The van der Waals surface area contributed by atoms with Crippen molar-refractivity contribution in [3.8, 4) is 0 Å². The lowest BCUT2D eigenvalue weighted by Crippen LogP contribution is -2.35. The first-order valence-electron chi connectivity index (χ1n) is 8.36. The maximum Gasteiger partial charge on any atom is 0.259 e. The van der Waals surface area contributed by atoms with Crippen LogP contribution < -0.4 is 5.32 Å². The number of carbonyl (C=O) groups excluding carboxylic acids is 1. The second kappa shape index (κ2) is 7.01. The number of furan rings is 1. The van der Waals surface area contributed by atoms with Crippen LogP contribution in [-0.2, 0) is 10.0 Å². The van der Waals surface area contributed by atoms with Crippen LogP contribution in [0.15, 0.2) is 39.6 Å². The molecule has 0 spiro atoms. The largest absolute Gasteiger partial charge is 0.466 e. The molecule has 134 valence electrons. The van der Waals surface area contributed by atoms with Gasteiger partial charge in [-0.25, -0.2) is 8.42 Å². The number of nitrogens with one attached hydrogen (secondary N) is 1. The van der Waals surface area contributed by atoms with Crippen LogP contribution in [0.1, 0.15) is 41.1 Å². The van der Waals surface area contributed by atoms with Gasteiger partial charge in [0, 0.05) is 18.8 Å². The van der Waals surface area contributed by atoms with Crippen LogP contribution in [0, 0.1) is 13.8 Å². The van der Waals surface area contributed by atoms with Crippen molar-refractivity contribution in [2.45, 2.75) is 38.0 Å². The molecule has 2 aromatic rings. The summed E-state index contributed by atoms with van der Waals surface area (Å²) in [6.45, 7) is 4.59. The SMILES string of the molecule is Cc1cc(C(=O)Nc2cccc(S(=O)(=O)N3CCCCC3)c2)c(C)o1. The van der Waals surface area contributed by atoms with Crippen molar-refractivity contribution in [2.75, 3.05) is 18.4 Å². The third-order valence-corrected chi connectivity index (χ3v) is 6.22. The summed E-state index contributed by atoms with van der Waals surface area (Å²) in [5.74, 6) is 0.873. The third-order valence-electron chi connectivity index (χ3n) is 4.33. The van der Waals surface area contributed by atoms with Crippen LogP contribution in [0.2, 0.25) is 0 Å². The Morgan fingerprint density at radius 3 is 2.48 bits per heavy atom. The lowest BCUT2D eigenvalue weighted by Gasteiger charge is -2.26. The van der Waals surface area contributed by atoms with Gasteiger partial charge < -0.3 is 9.73 Å². The van der Waals surface area contributed by atoms with Gasteiger partial charge in [0.25, 0.3) is 5.91 Å². The fourth-order valence-electron chi connectivity index (χ4n) is 3.04. The van der Waals surface area contributed by atoms with Gasteiger partial charge in [0.1, 0.15) is 11.5 Å². The van der Waals surface area contributed by atoms with E-state index in [4.69, 9.17) is 4.42 Å². The van der Waals surface area contributed by atoms with Crippen molar-refractivity contribution in [2.24, 2.45) is 0 Å². The van der Waals surface area contributed by atoms with Crippen LogP contribution in [0.3, 0.4) is 0 Å². The molecule has 1 amide bonds. The van der Waals surface area contributed by atoms with Crippen molar-refractivity contribution in [3.63, 3.8) is 0 Å². The number of piperidine rings is 1. The zero-order chi connectivity index (χ0) is 18.0. The van der Waals surface area contributed by atoms with Gasteiger partial charge >= 0.3 is 0 Å². The standard InChI is InChI=1S/C18H22N2O4S/c1-13-11-17(14(2)24-13)18(21)19-15-7-6-8-16(12-15)25(22,23)20-9-4-3-5-10-20/h6-8,11-12H,3-5,9-10H2,1-2H3,(H,19,21). The molecular formula is C18H22N2O4S. The molecule has 3 rings (SSSR count). The Bertz CT molecular complexity index is 880. The highest BCUT2D eigenvalue weighted by atomic mass is 32.2. The zero-order valence-electron chi connectivity index (χ0n) is 14.4. The van der Waals surface area contributed by atoms with Crippen molar-refractivity contribution < 1.29 is 17.6 Å². The maximum atomic E-state index is 12.8. The van der Waals surface area contributed by atoms with E-state index >= 15 is 0 Å². The van der Waals surface area contributed by atoms with E-state index < -0.39 is 10.0 Å². The maximum absolute atomic E-state index is 12.8. The first-order valence-corrected chi connectivity index (χ1v) is 9.80. The number of anilines is 1. The highest BCUT2D eigenvalue weighted by molar-refractivity contribution is 7.89. The summed E-state index contributed by atoms with van der Waals surface area (Å²) in [4.78, 5) is 12.6. The van der Waals surface area contributed by atoms with E-state index in [0.29, 0.717) is 35.9 Å². The van der Waals surface area contributed by atoms with Crippen LogP contribution in [0.25, 0.3) is 0 Å². The van der Waals surface area contributed by atoms with Crippen LogP contribution in [0.5, 0.6) is 0 Å². The lowest BCUT2D eigenvalue weighted by atomic mass is 10.2. The predicted octanol–water partition coefficient (Wildman–Crippen LogP) is 3.32. The quantitative estimate of drug-likeness (QED) is 0.905. The van der Waals surface area contributed by atoms with Crippen molar-refractivity contribution >= 4 is 21.6 Å². The third kappa shape index (κ3) is 3.77. The number of hydrogen-bond acceptors (Lipinski definition) is 4. The predicted molar refractivity (Wildman–Crippen MR) is 95.2 cm³/mol. The molecular weight excluding hydrogens is 340 g/mol. The van der Waals surface area contributed by atoms with E-state index in [0.717, 1.165) is 19.3 Å². The fourth-order valence-corrected chi connectivity index (χ4v) is 4.61. The number of nitrogens with zero attached hydrogens (tertiary/aromatic N) is 1. The summed E-state index contributed by atoms with van der Waals surface area (Å²) < 4.78 is 32.4. The monoisotopic (exact) mass is 362 g/mol. The molecule has 0 saturated carbocycles. The summed E-state index contributed by atoms with van der Waals surface area (Å²) in [5, 5.41) is 2.75. The number of benzene rings is 1. The first-order chi connectivity index (χ1) is 11.9. The summed E-state index contributed by atoms with van der Waals surface area (Å²) in [6.07, 6.45) is 2.83. The summed E-state index contributed by atoms with van der Waals surface area (Å²) >= 11 is 0. The molecule has 0 radical (unpaired) electrons. The van der Waals surface area contributed by atoms with Gasteiger partial charge in [0.05, 0.1) is 10.5 Å². The molecule has 0 atom stereocenters. The molecule has 7 heteroatoms. The second-order valence-corrected chi connectivity index (χ2v) is 8.21. The minimum atomic E-state index is -3.53. The van der Waals surface area contributed by atoms with E-state index in [1.165, 1.54) is 10.4 Å². The van der Waals surface area contributed by atoms with E-state index in [1.807, 2.05) is 0 Å². The van der Waals surface area contributed by atoms with Gasteiger partial charge in [-0.1, -0.05) is 12.5 Å². The van der Waals surface area contributed by atoms with E-state index in [1.54, 1.807) is 38.1 Å². The topological polar surface area (TPSA) is 79.6 Å². The number of carbonyl (C=O) groups is 1. The van der Waals surface area contributed by atoms with Crippen LogP contribution in [0.4, 0.5) is 5.69 Å². The summed E-state index contributed by atoms with van der Waals surface area (Å²) in [5.41, 5.74) is 0.892. The van der Waals surface area contributed by atoms with Gasteiger partial charge in [-0.2, -0.15) is 4.31 Å². The molecule has 1 aromatic heterocycles. The number of amides is 1. The van der Waals surface area contributed by atoms with E-state index in [9.17, 15) is 13.2 Å². The Morgan fingerprint density at radius 2 is 1.84 bits per heavy atom. The molecule has 1 aliphatic rings. The molecule has 1 N–H and O–H groups in total. The molecule has 25 heavy (non-hydrogen) atoms. The Morgan fingerprint density at radius 1 is 1.12 bits per heavy atom. The summed E-state index contributed by atoms with van der Waals surface area (Å²) in [6, 6.07) is 8.05. The highest BCUT2D eigenvalue weighted by Crippen LogP contribution is 2.23. The van der Waals surface area contributed by atoms with Crippen LogP contribution in [-0.4, -0.2) is 31.7 Å². The smallest absolute Gasteiger partial charge is 0.259 e. The molecule has 6 nitrogen and oxygen atoms in total. The lowest BCUT2D eigenvalue weighted by molar-refractivity contribution is 0.102. The summed E-state index contributed by atoms with van der Waals surface area (Å²) in [7, 11) is -3.53. The number of rotatable bonds is 4. The van der Waals surface area contributed by atoms with Gasteiger partial charge in [-0.3, -0.25) is 4.79 Å². The highest BCUT2D eigenvalue weighted by Gasteiger charge is 2.26. The van der Waals surface area contributed by atoms with Gasteiger partial charge in [0.2, 0.25) is 10.0 Å². The first kappa shape index (κ1) is 17.7. The van der Waals surface area contributed by atoms with E-state index in [2.05, 4.69) is 5.32 Å². The molecule has 0 unspecified atom stereocenters. The van der Waals surface area contributed by atoms with Gasteiger partial charge in [-0.05, 0) is 51.0 Å². The average molecular weight is 362 g/mol. The minimum absolute atomic E-state index is 0.201. The molecule has 0 bridgehead atoms. The molecule has 1 saturated heterocycles. The Balaban J connectivity index is 1.81. The Hall–Kier alpha value is -2.12.